The van der Waals surface area contributed by atoms with E-state index >= 15 is 0 Å². The molecule has 0 bridgehead atoms. The maximum Gasteiger partial charge on any atom is 0.300 e. The van der Waals surface area contributed by atoms with Crippen LogP contribution in [0.2, 0.25) is 0 Å². The molecule has 1 unspecified atom stereocenters. The van der Waals surface area contributed by atoms with Crippen molar-refractivity contribution in [3.63, 3.8) is 0 Å². The normalized spacial score (nSPS) is 15.4. The van der Waals surface area contributed by atoms with Crippen LogP contribution in [0.1, 0.15) is 91.8 Å². The summed E-state index contributed by atoms with van der Waals surface area (Å²) < 4.78 is 6.17. The molecule has 4 N–H and O–H groups in total. The van der Waals surface area contributed by atoms with Crippen LogP contribution in [-0.4, -0.2) is 48.8 Å². The number of anilines is 3. The topological polar surface area (TPSA) is 124 Å². The SMILES string of the molecule is CCC(C)(C)c1ccc(OCC(=O)Nc2cccc(C3=NN(c4ccccc4)C(=O)C3(NC(C)=O)Nc3ccccc3)c2)c(C(C)(C)CC)c1.CCNCC. The first-order valence-electron chi connectivity index (χ1n) is 19.2. The molecule has 1 aliphatic rings. The number of hydrogen-bond acceptors (Lipinski definition) is 7. The van der Waals surface area contributed by atoms with E-state index in [1.807, 2.05) is 54.6 Å². The zero-order chi connectivity index (χ0) is 40.2. The zero-order valence-corrected chi connectivity index (χ0v) is 33.9. The van der Waals surface area contributed by atoms with Crippen LogP contribution in [0.15, 0.2) is 108 Å². The van der Waals surface area contributed by atoms with Gasteiger partial charge in [0.25, 0.3) is 5.91 Å². The van der Waals surface area contributed by atoms with Crippen LogP contribution in [-0.2, 0) is 25.2 Å². The van der Waals surface area contributed by atoms with Crippen molar-refractivity contribution in [2.75, 3.05) is 35.3 Å². The molecule has 0 aromatic heterocycles. The van der Waals surface area contributed by atoms with Crippen LogP contribution in [0, 0.1) is 0 Å². The number of rotatable bonds is 15. The average Bonchev–Trinajstić information content (AvgIpc) is 3.45. The fourth-order valence-electron chi connectivity index (χ4n) is 6.09. The lowest BCUT2D eigenvalue weighted by Crippen LogP contribution is -2.64. The van der Waals surface area contributed by atoms with E-state index in [0.717, 1.165) is 31.5 Å². The maximum atomic E-state index is 14.3. The van der Waals surface area contributed by atoms with Gasteiger partial charge in [0.05, 0.1) is 5.69 Å². The fraction of sp³-hybridized carbons (Fsp3) is 0.378. The molecule has 1 heterocycles. The summed E-state index contributed by atoms with van der Waals surface area (Å²) >= 11 is 0. The summed E-state index contributed by atoms with van der Waals surface area (Å²) in [4.78, 5) is 40.3. The molecule has 0 saturated heterocycles. The molecule has 0 aliphatic carbocycles. The maximum absolute atomic E-state index is 14.3. The second kappa shape index (κ2) is 18.7. The van der Waals surface area contributed by atoms with Gasteiger partial charge in [0, 0.05) is 29.4 Å². The second-order valence-corrected chi connectivity index (χ2v) is 14.9. The van der Waals surface area contributed by atoms with Gasteiger partial charge in [-0.2, -0.15) is 10.1 Å². The fourth-order valence-corrected chi connectivity index (χ4v) is 6.09. The number of carbonyl (C=O) groups excluding carboxylic acids is 3. The van der Waals surface area contributed by atoms with Gasteiger partial charge in [-0.15, -0.1) is 0 Å². The van der Waals surface area contributed by atoms with Gasteiger partial charge in [-0.25, -0.2) is 0 Å². The van der Waals surface area contributed by atoms with Crippen LogP contribution in [0.3, 0.4) is 0 Å². The summed E-state index contributed by atoms with van der Waals surface area (Å²) in [5.74, 6) is -0.572. The van der Waals surface area contributed by atoms with E-state index in [-0.39, 0.29) is 29.1 Å². The minimum atomic E-state index is -1.74. The van der Waals surface area contributed by atoms with E-state index in [1.54, 1.807) is 36.4 Å². The first-order valence-corrected chi connectivity index (χ1v) is 19.2. The van der Waals surface area contributed by atoms with Gasteiger partial charge in [-0.05, 0) is 84.8 Å². The number of nitrogens with one attached hydrogen (secondary N) is 4. The van der Waals surface area contributed by atoms with Crippen molar-refractivity contribution in [1.82, 2.24) is 10.6 Å². The minimum Gasteiger partial charge on any atom is -0.483 e. The first kappa shape index (κ1) is 42.3. The van der Waals surface area contributed by atoms with E-state index in [1.165, 1.54) is 17.5 Å². The summed E-state index contributed by atoms with van der Waals surface area (Å²) in [6.45, 7) is 20.7. The van der Waals surface area contributed by atoms with Gasteiger partial charge >= 0.3 is 5.91 Å². The molecule has 55 heavy (non-hydrogen) atoms. The molecule has 0 radical (unpaired) electrons. The van der Waals surface area contributed by atoms with Crippen molar-refractivity contribution in [2.45, 2.75) is 91.6 Å². The van der Waals surface area contributed by atoms with E-state index in [0.29, 0.717) is 28.4 Å². The molecule has 0 fully saturated rings. The molecular formula is C45H58N6O4. The van der Waals surface area contributed by atoms with Crippen LogP contribution >= 0.6 is 0 Å². The zero-order valence-electron chi connectivity index (χ0n) is 33.9. The second-order valence-electron chi connectivity index (χ2n) is 14.9. The van der Waals surface area contributed by atoms with E-state index in [9.17, 15) is 14.4 Å². The highest BCUT2D eigenvalue weighted by molar-refractivity contribution is 6.31. The Hall–Kier alpha value is -5.48. The third-order valence-corrected chi connectivity index (χ3v) is 10.1. The Kier molecular flexibility index (Phi) is 14.4. The Morgan fingerprint density at radius 2 is 1.38 bits per heavy atom. The van der Waals surface area contributed by atoms with E-state index in [2.05, 4.69) is 88.8 Å². The molecule has 5 rings (SSSR count). The molecule has 0 spiro atoms. The van der Waals surface area contributed by atoms with Gasteiger partial charge in [-0.3, -0.25) is 14.4 Å². The molecular weight excluding hydrogens is 689 g/mol. The summed E-state index contributed by atoms with van der Waals surface area (Å²) in [5.41, 5.74) is 2.84. The lowest BCUT2D eigenvalue weighted by Gasteiger charge is -2.32. The molecule has 10 heteroatoms. The van der Waals surface area contributed by atoms with Gasteiger partial charge in [-0.1, -0.05) is 116 Å². The number of hydrogen-bond donors (Lipinski definition) is 4. The molecule has 3 amide bonds. The number of carbonyl (C=O) groups is 3. The Morgan fingerprint density at radius 1 is 0.764 bits per heavy atom. The third kappa shape index (κ3) is 10.4. The number of hydrazone groups is 1. The molecule has 292 valence electrons. The van der Waals surface area contributed by atoms with Gasteiger partial charge in [0.15, 0.2) is 6.61 Å². The van der Waals surface area contributed by atoms with Crippen LogP contribution < -0.4 is 31.0 Å². The highest BCUT2D eigenvalue weighted by Crippen LogP contribution is 2.38. The molecule has 4 aromatic rings. The summed E-state index contributed by atoms with van der Waals surface area (Å²) in [6.07, 6.45) is 1.91. The number of nitrogens with zero attached hydrogens (tertiary/aromatic N) is 2. The number of ether oxygens (including phenoxy) is 1. The lowest BCUT2D eigenvalue weighted by atomic mass is 9.76. The predicted octanol–water partition coefficient (Wildman–Crippen LogP) is 8.39. The predicted molar refractivity (Wildman–Crippen MR) is 225 cm³/mol. The Bertz CT molecular complexity index is 1940. The van der Waals surface area contributed by atoms with Crippen molar-refractivity contribution in [2.24, 2.45) is 5.10 Å². The van der Waals surface area contributed by atoms with Crippen LogP contribution in [0.25, 0.3) is 0 Å². The lowest BCUT2D eigenvalue weighted by molar-refractivity contribution is -0.127. The van der Waals surface area contributed by atoms with Gasteiger partial charge in [0.2, 0.25) is 11.6 Å². The van der Waals surface area contributed by atoms with E-state index < -0.39 is 17.5 Å². The van der Waals surface area contributed by atoms with Crippen molar-refractivity contribution in [1.29, 1.82) is 0 Å². The molecule has 1 aliphatic heterocycles. The van der Waals surface area contributed by atoms with Crippen molar-refractivity contribution in [3.8, 4) is 5.75 Å². The average molecular weight is 747 g/mol. The quantitative estimate of drug-likeness (QED) is 0.0907. The number of benzene rings is 4. The van der Waals surface area contributed by atoms with Gasteiger partial charge < -0.3 is 26.0 Å². The van der Waals surface area contributed by atoms with Crippen LogP contribution in [0.4, 0.5) is 17.1 Å². The highest BCUT2D eigenvalue weighted by atomic mass is 16.5. The molecule has 0 saturated carbocycles. The number of amides is 3. The summed E-state index contributed by atoms with van der Waals surface area (Å²) in [5, 5.41) is 18.2. The summed E-state index contributed by atoms with van der Waals surface area (Å²) in [7, 11) is 0. The van der Waals surface area contributed by atoms with Crippen molar-refractivity contribution >= 4 is 40.5 Å². The minimum absolute atomic E-state index is 0.0139. The van der Waals surface area contributed by atoms with Crippen molar-refractivity contribution < 1.29 is 19.1 Å². The van der Waals surface area contributed by atoms with Gasteiger partial charge in [0.1, 0.15) is 11.5 Å². The Labute approximate surface area is 327 Å². The monoisotopic (exact) mass is 746 g/mol. The largest absolute Gasteiger partial charge is 0.483 e. The van der Waals surface area contributed by atoms with Crippen molar-refractivity contribution in [3.05, 3.63) is 120 Å². The Morgan fingerprint density at radius 3 is 1.96 bits per heavy atom. The Balaban J connectivity index is 0.00000126. The third-order valence-electron chi connectivity index (χ3n) is 10.1. The first-order chi connectivity index (χ1) is 26.2. The smallest absolute Gasteiger partial charge is 0.300 e. The highest BCUT2D eigenvalue weighted by Gasteiger charge is 2.53. The summed E-state index contributed by atoms with van der Waals surface area (Å²) in [6, 6.07) is 31.5. The molecule has 4 aromatic carbocycles. The number of para-hydroxylation sites is 2. The van der Waals surface area contributed by atoms with Crippen LogP contribution in [0.5, 0.6) is 5.75 Å². The van der Waals surface area contributed by atoms with E-state index in [4.69, 9.17) is 9.84 Å². The molecule has 10 nitrogen and oxygen atoms in total. The molecule has 1 atom stereocenters. The standard InChI is InChI=1S/C41H47N5O4.C4H11N/c1-8-39(4,5)30-23-24-35(34(26-30)40(6,7)9-2)50-27-36(48)42-32-20-16-17-29(25-32)37-41(43-28(3)47,44-31-18-12-10-13-19-31)38(49)46(45-37)33-21-14-11-15-22-33;1-3-5-4-2/h10-26,44H,8-9,27H2,1-7H3,(H,42,48)(H,43,47);5H,3-4H2,1-2H3.